The maximum atomic E-state index is 11.7. The lowest BCUT2D eigenvalue weighted by molar-refractivity contribution is 0.590. The van der Waals surface area contributed by atoms with Crippen LogP contribution < -0.4 is 5.73 Å². The van der Waals surface area contributed by atoms with Crippen LogP contribution in [0.5, 0.6) is 0 Å². The number of benzene rings is 1. The second-order valence-electron chi connectivity index (χ2n) is 4.04. The molecule has 0 saturated heterocycles. The first-order chi connectivity index (χ1) is 7.53. The van der Waals surface area contributed by atoms with Gasteiger partial charge in [0.05, 0.1) is 11.5 Å². The number of sulfone groups is 1. The van der Waals surface area contributed by atoms with Crippen LogP contribution in [0.4, 0.5) is 5.69 Å². The molecule has 0 heterocycles. The van der Waals surface area contributed by atoms with E-state index in [4.69, 9.17) is 5.73 Å². The van der Waals surface area contributed by atoms with Crippen molar-refractivity contribution < 1.29 is 8.42 Å². The fraction of sp³-hybridized carbons (Fsp3) is 0.500. The van der Waals surface area contributed by atoms with Crippen LogP contribution in [-0.2, 0) is 15.6 Å². The summed E-state index contributed by atoms with van der Waals surface area (Å²) in [6.07, 6.45) is 2.77. The Morgan fingerprint density at radius 1 is 1.12 bits per heavy atom. The summed E-state index contributed by atoms with van der Waals surface area (Å²) in [6, 6.07) is 7.01. The molecule has 1 aromatic carbocycles. The molecular formula is C12H19NO2S. The van der Waals surface area contributed by atoms with Gasteiger partial charge in [-0.25, -0.2) is 8.42 Å². The third kappa shape index (κ3) is 4.66. The highest BCUT2D eigenvalue weighted by atomic mass is 32.2. The van der Waals surface area contributed by atoms with E-state index < -0.39 is 9.84 Å². The SMILES string of the molecule is CCCCCS(=O)(=O)Cc1ccc(N)cc1. The zero-order valence-corrected chi connectivity index (χ0v) is 10.5. The fourth-order valence-electron chi connectivity index (χ4n) is 1.51. The summed E-state index contributed by atoms with van der Waals surface area (Å²) in [5.74, 6) is 0.405. The van der Waals surface area contributed by atoms with Gasteiger partial charge in [0.1, 0.15) is 0 Å². The van der Waals surface area contributed by atoms with Gasteiger partial charge >= 0.3 is 0 Å². The Morgan fingerprint density at radius 3 is 2.31 bits per heavy atom. The first-order valence-corrected chi connectivity index (χ1v) is 7.40. The van der Waals surface area contributed by atoms with E-state index in [0.717, 1.165) is 24.8 Å². The number of anilines is 1. The van der Waals surface area contributed by atoms with Gasteiger partial charge in [-0.1, -0.05) is 31.9 Å². The first-order valence-electron chi connectivity index (χ1n) is 5.58. The van der Waals surface area contributed by atoms with Crippen LogP contribution in [0.1, 0.15) is 31.7 Å². The maximum Gasteiger partial charge on any atom is 0.154 e. The Hall–Kier alpha value is -1.03. The Morgan fingerprint density at radius 2 is 1.75 bits per heavy atom. The van der Waals surface area contributed by atoms with E-state index in [1.165, 1.54) is 0 Å². The van der Waals surface area contributed by atoms with E-state index in [0.29, 0.717) is 5.69 Å². The topological polar surface area (TPSA) is 60.2 Å². The Bertz CT molecular complexity index is 409. The van der Waals surface area contributed by atoms with Gasteiger partial charge in [0.15, 0.2) is 9.84 Å². The van der Waals surface area contributed by atoms with E-state index in [-0.39, 0.29) is 11.5 Å². The molecule has 0 spiro atoms. The van der Waals surface area contributed by atoms with Crippen LogP contribution in [-0.4, -0.2) is 14.2 Å². The average Bonchev–Trinajstić information content (AvgIpc) is 2.21. The standard InChI is InChI=1S/C12H19NO2S/c1-2-3-4-9-16(14,15)10-11-5-7-12(13)8-6-11/h5-8H,2-4,9-10,13H2,1H3. The van der Waals surface area contributed by atoms with Gasteiger partial charge < -0.3 is 5.73 Å². The molecule has 0 aliphatic carbocycles. The van der Waals surface area contributed by atoms with Gasteiger partial charge in [-0.15, -0.1) is 0 Å². The molecule has 1 rings (SSSR count). The molecule has 3 nitrogen and oxygen atoms in total. The Labute approximate surface area is 97.6 Å². The maximum absolute atomic E-state index is 11.7. The molecule has 0 amide bonds. The summed E-state index contributed by atoms with van der Waals surface area (Å²) in [6.45, 7) is 2.06. The van der Waals surface area contributed by atoms with Crippen LogP contribution in [0.15, 0.2) is 24.3 Å². The van der Waals surface area contributed by atoms with Crippen molar-refractivity contribution in [3.63, 3.8) is 0 Å². The molecule has 0 aliphatic rings. The van der Waals surface area contributed by atoms with Crippen LogP contribution in [0.25, 0.3) is 0 Å². The monoisotopic (exact) mass is 241 g/mol. The number of hydrogen-bond acceptors (Lipinski definition) is 3. The lowest BCUT2D eigenvalue weighted by Gasteiger charge is -2.04. The third-order valence-corrected chi connectivity index (χ3v) is 4.11. The summed E-state index contributed by atoms with van der Waals surface area (Å²) < 4.78 is 23.5. The van der Waals surface area contributed by atoms with Crippen LogP contribution >= 0.6 is 0 Å². The normalized spacial score (nSPS) is 11.6. The molecule has 16 heavy (non-hydrogen) atoms. The van der Waals surface area contributed by atoms with Crippen molar-refractivity contribution in [2.24, 2.45) is 0 Å². The Kier molecular flexibility index (Phi) is 4.80. The molecule has 4 heteroatoms. The average molecular weight is 241 g/mol. The number of rotatable bonds is 6. The summed E-state index contributed by atoms with van der Waals surface area (Å²) in [4.78, 5) is 0. The highest BCUT2D eigenvalue weighted by Gasteiger charge is 2.11. The highest BCUT2D eigenvalue weighted by Crippen LogP contribution is 2.11. The molecule has 0 atom stereocenters. The van der Waals surface area contributed by atoms with Gasteiger partial charge in [-0.3, -0.25) is 0 Å². The van der Waals surface area contributed by atoms with Gasteiger partial charge in [-0.05, 0) is 24.1 Å². The lowest BCUT2D eigenvalue weighted by atomic mass is 10.2. The van der Waals surface area contributed by atoms with Crippen molar-refractivity contribution in [1.82, 2.24) is 0 Å². The molecule has 0 fully saturated rings. The summed E-state index contributed by atoms with van der Waals surface area (Å²) in [5.41, 5.74) is 7.01. The van der Waals surface area contributed by atoms with Crippen molar-refractivity contribution in [3.8, 4) is 0 Å². The molecule has 0 saturated carbocycles. The summed E-state index contributed by atoms with van der Waals surface area (Å²) in [5, 5.41) is 0. The predicted molar refractivity (Wildman–Crippen MR) is 67.9 cm³/mol. The minimum Gasteiger partial charge on any atom is -0.399 e. The fourth-order valence-corrected chi connectivity index (χ4v) is 3.00. The van der Waals surface area contributed by atoms with Crippen molar-refractivity contribution in [1.29, 1.82) is 0 Å². The van der Waals surface area contributed by atoms with E-state index in [1.54, 1.807) is 24.3 Å². The van der Waals surface area contributed by atoms with Crippen LogP contribution in [0.3, 0.4) is 0 Å². The molecule has 1 aromatic rings. The molecule has 0 bridgehead atoms. The van der Waals surface area contributed by atoms with E-state index >= 15 is 0 Å². The zero-order valence-electron chi connectivity index (χ0n) is 9.65. The summed E-state index contributed by atoms with van der Waals surface area (Å²) >= 11 is 0. The third-order valence-electron chi connectivity index (χ3n) is 2.43. The van der Waals surface area contributed by atoms with E-state index in [9.17, 15) is 8.42 Å². The molecule has 0 aromatic heterocycles. The second-order valence-corrected chi connectivity index (χ2v) is 6.22. The molecule has 0 unspecified atom stereocenters. The van der Waals surface area contributed by atoms with Gasteiger partial charge in [0.25, 0.3) is 0 Å². The van der Waals surface area contributed by atoms with Crippen molar-refractivity contribution in [2.75, 3.05) is 11.5 Å². The zero-order chi connectivity index (χ0) is 12.0. The predicted octanol–water partition coefficient (Wildman–Crippen LogP) is 2.37. The van der Waals surface area contributed by atoms with Crippen molar-refractivity contribution in [3.05, 3.63) is 29.8 Å². The number of nitrogen functional groups attached to an aromatic ring is 1. The molecule has 0 aliphatic heterocycles. The second kappa shape index (κ2) is 5.89. The molecular weight excluding hydrogens is 222 g/mol. The van der Waals surface area contributed by atoms with Gasteiger partial charge in [0, 0.05) is 5.69 Å². The van der Waals surface area contributed by atoms with Gasteiger partial charge in [0.2, 0.25) is 0 Å². The lowest BCUT2D eigenvalue weighted by Crippen LogP contribution is -2.09. The smallest absolute Gasteiger partial charge is 0.154 e. The minimum atomic E-state index is -2.96. The number of hydrogen-bond donors (Lipinski definition) is 1. The number of nitrogens with two attached hydrogens (primary N) is 1. The van der Waals surface area contributed by atoms with Crippen molar-refractivity contribution in [2.45, 2.75) is 31.9 Å². The molecule has 0 radical (unpaired) electrons. The first kappa shape index (κ1) is 13.0. The largest absolute Gasteiger partial charge is 0.399 e. The van der Waals surface area contributed by atoms with Crippen LogP contribution in [0.2, 0.25) is 0 Å². The van der Waals surface area contributed by atoms with Crippen molar-refractivity contribution >= 4 is 15.5 Å². The Balaban J connectivity index is 2.55. The van der Waals surface area contributed by atoms with Gasteiger partial charge in [-0.2, -0.15) is 0 Å². The summed E-state index contributed by atoms with van der Waals surface area (Å²) in [7, 11) is -2.96. The molecule has 90 valence electrons. The minimum absolute atomic E-state index is 0.122. The van der Waals surface area contributed by atoms with E-state index in [2.05, 4.69) is 6.92 Å². The quantitative estimate of drug-likeness (QED) is 0.614. The van der Waals surface area contributed by atoms with Crippen LogP contribution in [0, 0.1) is 0 Å². The highest BCUT2D eigenvalue weighted by molar-refractivity contribution is 7.90. The molecule has 2 N–H and O–H groups in total. The number of unbranched alkanes of at least 4 members (excludes halogenated alkanes) is 2. The van der Waals surface area contributed by atoms with E-state index in [1.807, 2.05) is 0 Å².